The summed E-state index contributed by atoms with van der Waals surface area (Å²) in [6, 6.07) is 0. The van der Waals surface area contributed by atoms with E-state index in [1.165, 1.54) is 14.2 Å². The molecule has 134 valence electrons. The van der Waals surface area contributed by atoms with E-state index in [9.17, 15) is 9.59 Å². The van der Waals surface area contributed by atoms with Crippen LogP contribution in [0.5, 0.6) is 0 Å². The maximum Gasteiger partial charge on any atom is 0.320 e. The number of methoxy groups -OCH3 is 2. The SMILES string of the molecule is COC(=O)C(CCC/C=C/CO[Si](C)(C)C(C)(C)C)C(=O)OC. The number of allylic oxidation sites excluding steroid dienone is 1. The van der Waals surface area contributed by atoms with Gasteiger partial charge in [-0.15, -0.1) is 0 Å². The van der Waals surface area contributed by atoms with Crippen molar-refractivity contribution in [3.63, 3.8) is 0 Å². The van der Waals surface area contributed by atoms with E-state index in [0.29, 0.717) is 19.4 Å². The molecule has 0 radical (unpaired) electrons. The van der Waals surface area contributed by atoms with Gasteiger partial charge in [0.1, 0.15) is 0 Å². The Kier molecular flexibility index (Phi) is 9.38. The fraction of sp³-hybridized carbons (Fsp3) is 0.765. The largest absolute Gasteiger partial charge is 0.468 e. The van der Waals surface area contributed by atoms with Gasteiger partial charge in [-0.1, -0.05) is 32.9 Å². The lowest BCUT2D eigenvalue weighted by molar-refractivity contribution is -0.159. The predicted octanol–water partition coefficient (Wildman–Crippen LogP) is 3.70. The molecule has 0 rings (SSSR count). The van der Waals surface area contributed by atoms with Crippen LogP contribution in [0.25, 0.3) is 0 Å². The van der Waals surface area contributed by atoms with Crippen LogP contribution < -0.4 is 0 Å². The highest BCUT2D eigenvalue weighted by Crippen LogP contribution is 2.36. The molecule has 0 aromatic heterocycles. The molecule has 0 bridgehead atoms. The van der Waals surface area contributed by atoms with E-state index in [1.54, 1.807) is 0 Å². The summed E-state index contributed by atoms with van der Waals surface area (Å²) in [6.45, 7) is 11.7. The van der Waals surface area contributed by atoms with Gasteiger partial charge >= 0.3 is 11.9 Å². The van der Waals surface area contributed by atoms with Gasteiger partial charge in [0.2, 0.25) is 0 Å². The summed E-state index contributed by atoms with van der Waals surface area (Å²) < 4.78 is 15.3. The number of unbranched alkanes of at least 4 members (excludes halogenated alkanes) is 1. The first kappa shape index (κ1) is 21.9. The van der Waals surface area contributed by atoms with Gasteiger partial charge in [-0.2, -0.15) is 0 Å². The summed E-state index contributed by atoms with van der Waals surface area (Å²) >= 11 is 0. The van der Waals surface area contributed by atoms with Crippen LogP contribution in [0.3, 0.4) is 0 Å². The Morgan fingerprint density at radius 2 is 1.57 bits per heavy atom. The van der Waals surface area contributed by atoms with Crippen LogP contribution >= 0.6 is 0 Å². The second kappa shape index (κ2) is 9.88. The maximum atomic E-state index is 11.5. The minimum Gasteiger partial charge on any atom is -0.468 e. The molecule has 0 unspecified atom stereocenters. The molecule has 0 aliphatic carbocycles. The first-order valence-electron chi connectivity index (χ1n) is 8.01. The van der Waals surface area contributed by atoms with Crippen LogP contribution in [-0.2, 0) is 23.5 Å². The molecule has 0 aromatic rings. The van der Waals surface area contributed by atoms with Gasteiger partial charge < -0.3 is 13.9 Å². The van der Waals surface area contributed by atoms with E-state index in [1.807, 2.05) is 12.2 Å². The Balaban J connectivity index is 4.15. The lowest BCUT2D eigenvalue weighted by Crippen LogP contribution is -2.40. The fourth-order valence-corrected chi connectivity index (χ4v) is 2.66. The molecule has 0 heterocycles. The van der Waals surface area contributed by atoms with Crippen LogP contribution in [0, 0.1) is 5.92 Å². The maximum absolute atomic E-state index is 11.5. The summed E-state index contributed by atoms with van der Waals surface area (Å²) in [5.74, 6) is -1.91. The number of hydrogen-bond donors (Lipinski definition) is 0. The minimum absolute atomic E-state index is 0.203. The van der Waals surface area contributed by atoms with Crippen LogP contribution in [0.4, 0.5) is 0 Å². The summed E-state index contributed by atoms with van der Waals surface area (Å²) in [7, 11) is 0.844. The number of hydrogen-bond acceptors (Lipinski definition) is 5. The highest BCUT2D eigenvalue weighted by molar-refractivity contribution is 6.74. The lowest BCUT2D eigenvalue weighted by atomic mass is 10.0. The first-order valence-corrected chi connectivity index (χ1v) is 10.9. The van der Waals surface area contributed by atoms with E-state index < -0.39 is 26.2 Å². The van der Waals surface area contributed by atoms with Crippen molar-refractivity contribution in [2.24, 2.45) is 5.92 Å². The normalized spacial score (nSPS) is 12.7. The third-order valence-corrected chi connectivity index (χ3v) is 8.85. The van der Waals surface area contributed by atoms with Gasteiger partial charge in [0.05, 0.1) is 20.8 Å². The van der Waals surface area contributed by atoms with Gasteiger partial charge in [0, 0.05) is 0 Å². The number of ether oxygens (including phenoxy) is 2. The van der Waals surface area contributed by atoms with Gasteiger partial charge in [0.25, 0.3) is 0 Å². The van der Waals surface area contributed by atoms with Crippen molar-refractivity contribution in [1.29, 1.82) is 0 Å². The monoisotopic (exact) mass is 344 g/mol. The molecule has 0 fully saturated rings. The van der Waals surface area contributed by atoms with Gasteiger partial charge in [-0.25, -0.2) is 0 Å². The molecule has 0 saturated heterocycles. The van der Waals surface area contributed by atoms with Gasteiger partial charge in [-0.05, 0) is 37.4 Å². The summed E-state index contributed by atoms with van der Waals surface area (Å²) in [5.41, 5.74) is 0. The third-order valence-electron chi connectivity index (χ3n) is 4.35. The third kappa shape index (κ3) is 7.79. The number of esters is 2. The molecule has 0 aliphatic heterocycles. The number of rotatable bonds is 9. The number of carbonyl (C=O) groups is 2. The highest BCUT2D eigenvalue weighted by Gasteiger charge is 2.36. The average molecular weight is 345 g/mol. The van der Waals surface area contributed by atoms with Crippen LogP contribution in [0.1, 0.15) is 40.0 Å². The van der Waals surface area contributed by atoms with Crippen molar-refractivity contribution in [3.8, 4) is 0 Å². The van der Waals surface area contributed by atoms with Crippen molar-refractivity contribution in [3.05, 3.63) is 12.2 Å². The molecule has 0 saturated carbocycles. The van der Waals surface area contributed by atoms with E-state index in [2.05, 4.69) is 43.3 Å². The summed E-state index contributed by atoms with van der Waals surface area (Å²) in [5, 5.41) is 0.203. The van der Waals surface area contributed by atoms with E-state index >= 15 is 0 Å². The molecule has 0 aliphatic rings. The van der Waals surface area contributed by atoms with Crippen LogP contribution in [-0.4, -0.2) is 41.1 Å². The van der Waals surface area contributed by atoms with Crippen molar-refractivity contribution in [2.45, 2.75) is 58.2 Å². The van der Waals surface area contributed by atoms with E-state index in [0.717, 1.165) is 6.42 Å². The average Bonchev–Trinajstić information content (AvgIpc) is 2.47. The predicted molar refractivity (Wildman–Crippen MR) is 93.7 cm³/mol. The molecule has 0 aromatic carbocycles. The molecular weight excluding hydrogens is 312 g/mol. The molecule has 0 N–H and O–H groups in total. The Morgan fingerprint density at radius 1 is 1.04 bits per heavy atom. The fourth-order valence-electron chi connectivity index (χ4n) is 1.72. The standard InChI is InChI=1S/C17H32O5Si/c1-17(2,3)23(6,7)22-13-11-9-8-10-12-14(15(18)20-4)16(19)21-5/h9,11,14H,8,10,12-13H2,1-7H3/b11-9+. The zero-order valence-corrected chi connectivity index (χ0v) is 16.6. The second-order valence-corrected chi connectivity index (χ2v) is 11.9. The Labute approximate surface area is 141 Å². The second-order valence-electron chi connectivity index (χ2n) is 7.07. The number of carbonyl (C=O) groups excluding carboxylic acids is 2. The topological polar surface area (TPSA) is 61.8 Å². The van der Waals surface area contributed by atoms with Crippen molar-refractivity contribution < 1.29 is 23.5 Å². The lowest BCUT2D eigenvalue weighted by Gasteiger charge is -2.35. The summed E-state index contributed by atoms with van der Waals surface area (Å²) in [6.07, 6.45) is 5.95. The minimum atomic E-state index is -1.70. The molecule has 5 nitrogen and oxygen atoms in total. The van der Waals surface area contributed by atoms with Gasteiger partial charge in [-0.3, -0.25) is 9.59 Å². The Hall–Kier alpha value is -1.14. The quantitative estimate of drug-likeness (QED) is 0.210. The van der Waals surface area contributed by atoms with Crippen molar-refractivity contribution in [1.82, 2.24) is 0 Å². The van der Waals surface area contributed by atoms with E-state index in [4.69, 9.17) is 4.43 Å². The van der Waals surface area contributed by atoms with Crippen molar-refractivity contribution in [2.75, 3.05) is 20.8 Å². The molecule has 0 amide bonds. The smallest absolute Gasteiger partial charge is 0.320 e. The zero-order valence-electron chi connectivity index (χ0n) is 15.6. The molecule has 6 heteroatoms. The Morgan fingerprint density at radius 3 is 2.00 bits per heavy atom. The van der Waals surface area contributed by atoms with Crippen LogP contribution in [0.2, 0.25) is 18.1 Å². The highest BCUT2D eigenvalue weighted by atomic mass is 28.4. The van der Waals surface area contributed by atoms with Crippen molar-refractivity contribution >= 4 is 20.3 Å². The molecule has 0 spiro atoms. The zero-order chi connectivity index (χ0) is 18.1. The summed E-state index contributed by atoms with van der Waals surface area (Å²) in [4.78, 5) is 23.1. The van der Waals surface area contributed by atoms with Crippen LogP contribution in [0.15, 0.2) is 12.2 Å². The van der Waals surface area contributed by atoms with Gasteiger partial charge in [0.15, 0.2) is 14.2 Å². The molecular formula is C17H32O5Si. The Bertz CT molecular complexity index is 394. The first-order chi connectivity index (χ1) is 10.6. The molecule has 23 heavy (non-hydrogen) atoms. The van der Waals surface area contributed by atoms with E-state index in [-0.39, 0.29) is 5.04 Å². The molecule has 0 atom stereocenters.